The van der Waals surface area contributed by atoms with Gasteiger partial charge in [-0.2, -0.15) is 0 Å². The molecule has 7 heteroatoms. The highest BCUT2D eigenvalue weighted by atomic mass is 127. The van der Waals surface area contributed by atoms with E-state index in [2.05, 4.69) is 32.8 Å². The number of Topliss-reactive ketones (excluding diaryl/α,β-unsaturated/α-hetero) is 1. The third-order valence-corrected chi connectivity index (χ3v) is 8.79. The standard InChI is InChI=1S/C25H23ClFIN2O2.CH4/c26-17-4-1-3-15(23(17)27)22-21-19(5-2-6-20(21)31)30(12-13-7-8-13)25(22)16-10-9-14(28)11-18(16)29-24(25)32;/h1,3-4,9-11,13,19,21-22H,2,5-8,12H2,(H,29,32);1H4/t19-,21-,22-,25+;/m0./s1. The van der Waals surface area contributed by atoms with E-state index in [4.69, 9.17) is 11.6 Å². The molecular formula is C26H27ClFIN2O2. The molecule has 1 saturated heterocycles. The smallest absolute Gasteiger partial charge is 0.250 e. The second kappa shape index (κ2) is 8.31. The molecule has 1 N–H and O–H groups in total. The third kappa shape index (κ3) is 3.31. The Labute approximate surface area is 212 Å². The highest BCUT2D eigenvalue weighted by Crippen LogP contribution is 2.62. The molecule has 4 atom stereocenters. The molecule has 174 valence electrons. The molecule has 0 bridgehead atoms. The van der Waals surface area contributed by atoms with E-state index in [-0.39, 0.29) is 30.2 Å². The summed E-state index contributed by atoms with van der Waals surface area (Å²) in [6, 6.07) is 10.8. The van der Waals surface area contributed by atoms with Crippen LogP contribution in [0.5, 0.6) is 0 Å². The zero-order chi connectivity index (χ0) is 22.2. The molecule has 2 aliphatic heterocycles. The van der Waals surface area contributed by atoms with Crippen molar-refractivity contribution < 1.29 is 14.0 Å². The van der Waals surface area contributed by atoms with Crippen molar-refractivity contribution >= 4 is 51.6 Å². The minimum Gasteiger partial charge on any atom is -0.324 e. The molecule has 0 radical (unpaired) electrons. The van der Waals surface area contributed by atoms with Gasteiger partial charge in [0.05, 0.1) is 5.02 Å². The van der Waals surface area contributed by atoms with Gasteiger partial charge in [-0.3, -0.25) is 14.5 Å². The van der Waals surface area contributed by atoms with Crippen LogP contribution >= 0.6 is 34.2 Å². The molecule has 1 spiro atoms. The van der Waals surface area contributed by atoms with E-state index in [1.165, 1.54) is 6.07 Å². The van der Waals surface area contributed by atoms with E-state index in [0.717, 1.165) is 47.0 Å². The minimum absolute atomic E-state index is 0. The summed E-state index contributed by atoms with van der Waals surface area (Å²) in [5.41, 5.74) is 0.891. The second-order valence-electron chi connectivity index (χ2n) is 9.58. The summed E-state index contributed by atoms with van der Waals surface area (Å²) in [6.07, 6.45) is 4.40. The molecule has 33 heavy (non-hydrogen) atoms. The van der Waals surface area contributed by atoms with Gasteiger partial charge in [-0.05, 0) is 78.0 Å². The van der Waals surface area contributed by atoms with Gasteiger partial charge in [0, 0.05) is 45.7 Å². The summed E-state index contributed by atoms with van der Waals surface area (Å²) in [5, 5.41) is 3.13. The summed E-state index contributed by atoms with van der Waals surface area (Å²) >= 11 is 8.45. The van der Waals surface area contributed by atoms with Crippen molar-refractivity contribution in [2.75, 3.05) is 11.9 Å². The number of rotatable bonds is 3. The van der Waals surface area contributed by atoms with E-state index in [9.17, 15) is 9.59 Å². The predicted octanol–water partition coefficient (Wildman–Crippen LogP) is 6.11. The molecule has 4 aliphatic rings. The van der Waals surface area contributed by atoms with Crippen LogP contribution in [0.15, 0.2) is 36.4 Å². The molecule has 6 rings (SSSR count). The Morgan fingerprint density at radius 3 is 2.73 bits per heavy atom. The van der Waals surface area contributed by atoms with E-state index in [1.807, 2.05) is 18.2 Å². The summed E-state index contributed by atoms with van der Waals surface area (Å²) in [7, 11) is 0. The van der Waals surface area contributed by atoms with E-state index in [0.29, 0.717) is 17.9 Å². The third-order valence-electron chi connectivity index (χ3n) is 7.83. The Hall–Kier alpha value is -1.51. The van der Waals surface area contributed by atoms with Gasteiger partial charge in [0.15, 0.2) is 0 Å². The number of carbonyl (C=O) groups excluding carboxylic acids is 2. The number of benzene rings is 2. The molecular weight excluding hydrogens is 554 g/mol. The average Bonchev–Trinajstić information content (AvgIpc) is 3.47. The quantitative estimate of drug-likeness (QED) is 0.446. The van der Waals surface area contributed by atoms with Crippen molar-refractivity contribution in [2.45, 2.75) is 57.0 Å². The van der Waals surface area contributed by atoms with Crippen LogP contribution in [0.3, 0.4) is 0 Å². The fourth-order valence-electron chi connectivity index (χ4n) is 6.43. The maximum Gasteiger partial charge on any atom is 0.250 e. The zero-order valence-corrected chi connectivity index (χ0v) is 20.3. The topological polar surface area (TPSA) is 49.4 Å². The van der Waals surface area contributed by atoms with Gasteiger partial charge >= 0.3 is 0 Å². The van der Waals surface area contributed by atoms with Gasteiger partial charge in [-0.1, -0.05) is 37.2 Å². The number of fused-ring (bicyclic) bond motifs is 3. The lowest BCUT2D eigenvalue weighted by Crippen LogP contribution is -2.52. The fraction of sp³-hybridized carbons (Fsp3) is 0.462. The minimum atomic E-state index is -1.11. The first kappa shape index (κ1) is 23.2. The number of nitrogens with zero attached hydrogens (tertiary/aromatic N) is 1. The van der Waals surface area contributed by atoms with Crippen LogP contribution in [0, 0.1) is 21.2 Å². The number of ketones is 1. The fourth-order valence-corrected chi connectivity index (χ4v) is 7.10. The molecule has 2 aromatic carbocycles. The Bertz CT molecular complexity index is 1150. The van der Waals surface area contributed by atoms with Crippen molar-refractivity contribution in [1.29, 1.82) is 0 Å². The summed E-state index contributed by atoms with van der Waals surface area (Å²) in [6.45, 7) is 0.756. The summed E-state index contributed by atoms with van der Waals surface area (Å²) in [5.74, 6) is -1.05. The Morgan fingerprint density at radius 1 is 1.18 bits per heavy atom. The molecule has 2 saturated carbocycles. The Balaban J connectivity index is 0.00000228. The number of halogens is 3. The predicted molar refractivity (Wildman–Crippen MR) is 136 cm³/mol. The van der Waals surface area contributed by atoms with Gasteiger partial charge in [0.25, 0.3) is 0 Å². The largest absolute Gasteiger partial charge is 0.324 e. The lowest BCUT2D eigenvalue weighted by Gasteiger charge is -2.40. The maximum atomic E-state index is 15.6. The lowest BCUT2D eigenvalue weighted by atomic mass is 9.68. The number of hydrogen-bond donors (Lipinski definition) is 1. The number of anilines is 1. The van der Waals surface area contributed by atoms with E-state index < -0.39 is 23.2 Å². The highest BCUT2D eigenvalue weighted by Gasteiger charge is 2.69. The molecule has 4 nitrogen and oxygen atoms in total. The lowest BCUT2D eigenvalue weighted by molar-refractivity contribution is -0.128. The highest BCUT2D eigenvalue weighted by molar-refractivity contribution is 14.1. The molecule has 3 fully saturated rings. The van der Waals surface area contributed by atoms with Gasteiger partial charge in [-0.15, -0.1) is 0 Å². The Morgan fingerprint density at radius 2 is 1.97 bits per heavy atom. The van der Waals surface area contributed by atoms with Gasteiger partial charge in [-0.25, -0.2) is 4.39 Å². The first-order valence-electron chi connectivity index (χ1n) is 11.3. The van der Waals surface area contributed by atoms with Crippen molar-refractivity contribution in [1.82, 2.24) is 4.90 Å². The molecule has 0 aromatic heterocycles. The monoisotopic (exact) mass is 580 g/mol. The van der Waals surface area contributed by atoms with Crippen molar-refractivity contribution in [3.63, 3.8) is 0 Å². The van der Waals surface area contributed by atoms with Gasteiger partial charge < -0.3 is 5.32 Å². The molecule has 0 unspecified atom stereocenters. The van der Waals surface area contributed by atoms with E-state index in [1.54, 1.807) is 12.1 Å². The number of likely N-dealkylation sites (tertiary alicyclic amines) is 1. The summed E-state index contributed by atoms with van der Waals surface area (Å²) < 4.78 is 16.6. The first-order chi connectivity index (χ1) is 15.4. The van der Waals surface area contributed by atoms with Crippen molar-refractivity contribution in [3.8, 4) is 0 Å². The number of nitrogens with one attached hydrogen (secondary N) is 1. The molecule has 2 aliphatic carbocycles. The molecule has 2 heterocycles. The average molecular weight is 581 g/mol. The number of hydrogen-bond acceptors (Lipinski definition) is 3. The SMILES string of the molecule is C.O=C1CCC[C@H]2[C@@H]1[C@H](c1cccc(Cl)c1F)[C@]1(C(=O)Nc3cc(I)ccc31)N2CC1CC1. The van der Waals surface area contributed by atoms with Gasteiger partial charge in [0.2, 0.25) is 5.91 Å². The zero-order valence-electron chi connectivity index (χ0n) is 17.4. The van der Waals surface area contributed by atoms with Crippen molar-refractivity contribution in [3.05, 3.63) is 61.9 Å². The number of amides is 1. The van der Waals surface area contributed by atoms with Crippen LogP contribution in [0.2, 0.25) is 5.02 Å². The van der Waals surface area contributed by atoms with Crippen LogP contribution in [0.25, 0.3) is 0 Å². The first-order valence-corrected chi connectivity index (χ1v) is 12.7. The van der Waals surface area contributed by atoms with Crippen LogP contribution in [0.4, 0.5) is 10.1 Å². The molecule has 1 amide bonds. The van der Waals surface area contributed by atoms with Crippen LogP contribution in [-0.2, 0) is 15.1 Å². The van der Waals surface area contributed by atoms with Crippen LogP contribution < -0.4 is 5.32 Å². The van der Waals surface area contributed by atoms with Crippen LogP contribution in [-0.4, -0.2) is 29.2 Å². The Kier molecular flexibility index (Phi) is 5.85. The van der Waals surface area contributed by atoms with E-state index >= 15 is 4.39 Å². The second-order valence-corrected chi connectivity index (χ2v) is 11.2. The maximum absolute atomic E-state index is 15.6. The summed E-state index contributed by atoms with van der Waals surface area (Å²) in [4.78, 5) is 29.7. The van der Waals surface area contributed by atoms with Crippen LogP contribution in [0.1, 0.15) is 56.6 Å². The normalized spacial score (nSPS) is 30.7. The van der Waals surface area contributed by atoms with Gasteiger partial charge in [0.1, 0.15) is 17.1 Å². The molecule has 2 aromatic rings. The number of carbonyl (C=O) groups is 2. The van der Waals surface area contributed by atoms with Crippen molar-refractivity contribution in [2.24, 2.45) is 11.8 Å².